The van der Waals surface area contributed by atoms with Crippen LogP contribution in [0.2, 0.25) is 0 Å². The van der Waals surface area contributed by atoms with E-state index in [1.807, 2.05) is 6.92 Å². The molecule has 0 aliphatic carbocycles. The van der Waals surface area contributed by atoms with Gasteiger partial charge in [0.05, 0.1) is 12.5 Å². The van der Waals surface area contributed by atoms with Crippen LogP contribution in [-0.4, -0.2) is 30.6 Å². The van der Waals surface area contributed by atoms with E-state index < -0.39 is 5.95 Å². The van der Waals surface area contributed by atoms with Crippen molar-refractivity contribution in [2.45, 2.75) is 19.8 Å². The van der Waals surface area contributed by atoms with Gasteiger partial charge in [0.15, 0.2) is 0 Å². The van der Waals surface area contributed by atoms with Gasteiger partial charge in [0.25, 0.3) is 0 Å². The van der Waals surface area contributed by atoms with Gasteiger partial charge in [0, 0.05) is 31.0 Å². The molecule has 1 aliphatic rings. The largest absolute Gasteiger partial charge is 0.466 e. The number of aromatic nitrogens is 1. The number of hydrogen-bond acceptors (Lipinski definition) is 4. The number of carbonyl (C=O) groups excluding carboxylic acids is 1. The molecule has 1 fully saturated rings. The molecule has 0 unspecified atom stereocenters. The van der Waals surface area contributed by atoms with Gasteiger partial charge in [-0.25, -0.2) is 4.98 Å². The number of halogens is 1. The van der Waals surface area contributed by atoms with Crippen LogP contribution in [0.3, 0.4) is 0 Å². The van der Waals surface area contributed by atoms with Crippen molar-refractivity contribution in [3.63, 3.8) is 0 Å². The fraction of sp³-hybridized carbons (Fsp3) is 0.538. The van der Waals surface area contributed by atoms with Crippen molar-refractivity contribution in [2.75, 3.05) is 24.6 Å². The zero-order valence-corrected chi connectivity index (χ0v) is 10.4. The summed E-state index contributed by atoms with van der Waals surface area (Å²) in [6.07, 6.45) is 2.97. The minimum absolute atomic E-state index is 0.0205. The zero-order valence-electron chi connectivity index (χ0n) is 10.4. The van der Waals surface area contributed by atoms with Crippen molar-refractivity contribution >= 4 is 11.7 Å². The summed E-state index contributed by atoms with van der Waals surface area (Å²) in [5.41, 5.74) is 0.824. The van der Waals surface area contributed by atoms with E-state index in [1.54, 1.807) is 6.07 Å². The van der Waals surface area contributed by atoms with Gasteiger partial charge in [-0.05, 0) is 25.8 Å². The highest BCUT2D eigenvalue weighted by atomic mass is 19.1. The van der Waals surface area contributed by atoms with Gasteiger partial charge in [-0.1, -0.05) is 0 Å². The highest BCUT2D eigenvalue weighted by molar-refractivity contribution is 5.72. The Labute approximate surface area is 106 Å². The van der Waals surface area contributed by atoms with Crippen LogP contribution in [0.1, 0.15) is 19.8 Å². The lowest BCUT2D eigenvalue weighted by Crippen LogP contribution is -2.37. The molecule has 0 amide bonds. The molecule has 98 valence electrons. The molecule has 2 rings (SSSR count). The van der Waals surface area contributed by atoms with Gasteiger partial charge in [0.1, 0.15) is 0 Å². The summed E-state index contributed by atoms with van der Waals surface area (Å²) in [6.45, 7) is 3.72. The second kappa shape index (κ2) is 5.80. The van der Waals surface area contributed by atoms with Crippen LogP contribution in [0.25, 0.3) is 0 Å². The molecule has 18 heavy (non-hydrogen) atoms. The van der Waals surface area contributed by atoms with Crippen LogP contribution in [0, 0.1) is 11.9 Å². The summed E-state index contributed by atoms with van der Waals surface area (Å²) in [4.78, 5) is 17.2. The first kappa shape index (κ1) is 12.8. The fourth-order valence-electron chi connectivity index (χ4n) is 2.22. The lowest BCUT2D eigenvalue weighted by molar-refractivity contribution is -0.148. The number of carbonyl (C=O) groups is 1. The number of anilines is 1. The van der Waals surface area contributed by atoms with Crippen molar-refractivity contribution < 1.29 is 13.9 Å². The van der Waals surface area contributed by atoms with Crippen LogP contribution >= 0.6 is 0 Å². The van der Waals surface area contributed by atoms with Crippen LogP contribution < -0.4 is 4.90 Å². The van der Waals surface area contributed by atoms with Crippen LogP contribution in [0.5, 0.6) is 0 Å². The number of piperidine rings is 1. The third-order valence-corrected chi connectivity index (χ3v) is 3.19. The van der Waals surface area contributed by atoms with Crippen molar-refractivity contribution in [1.82, 2.24) is 4.98 Å². The molecular weight excluding hydrogens is 235 g/mol. The van der Waals surface area contributed by atoms with Gasteiger partial charge in [-0.15, -0.1) is 0 Å². The number of rotatable bonds is 3. The molecule has 0 atom stereocenters. The maximum absolute atomic E-state index is 13.0. The van der Waals surface area contributed by atoms with E-state index in [4.69, 9.17) is 4.74 Å². The molecule has 0 spiro atoms. The quantitative estimate of drug-likeness (QED) is 0.609. The molecule has 0 radical (unpaired) electrons. The monoisotopic (exact) mass is 252 g/mol. The highest BCUT2D eigenvalue weighted by Gasteiger charge is 2.26. The number of ether oxygens (including phenoxy) is 1. The normalized spacial score (nSPS) is 16.7. The lowest BCUT2D eigenvalue weighted by atomic mass is 9.97. The smallest absolute Gasteiger partial charge is 0.309 e. The van der Waals surface area contributed by atoms with Gasteiger partial charge in [0.2, 0.25) is 5.95 Å². The molecule has 0 aromatic carbocycles. The number of pyridine rings is 1. The molecule has 0 saturated carbocycles. The van der Waals surface area contributed by atoms with Gasteiger partial charge in [-0.3, -0.25) is 4.79 Å². The zero-order chi connectivity index (χ0) is 13.0. The van der Waals surface area contributed by atoms with Crippen LogP contribution in [-0.2, 0) is 9.53 Å². The maximum atomic E-state index is 13.0. The number of esters is 1. The van der Waals surface area contributed by atoms with E-state index in [1.165, 1.54) is 12.3 Å². The average molecular weight is 252 g/mol. The number of hydrogen-bond donors (Lipinski definition) is 0. The van der Waals surface area contributed by atoms with Crippen LogP contribution in [0.4, 0.5) is 10.1 Å². The van der Waals surface area contributed by atoms with Crippen molar-refractivity contribution in [1.29, 1.82) is 0 Å². The van der Waals surface area contributed by atoms with E-state index in [0.717, 1.165) is 31.6 Å². The maximum Gasteiger partial charge on any atom is 0.309 e. The van der Waals surface area contributed by atoms with Gasteiger partial charge < -0.3 is 9.64 Å². The molecule has 1 aromatic heterocycles. The van der Waals surface area contributed by atoms with Gasteiger partial charge >= 0.3 is 5.97 Å². The summed E-state index contributed by atoms with van der Waals surface area (Å²) in [5.74, 6) is -0.606. The molecular formula is C13H17FN2O2. The predicted octanol–water partition coefficient (Wildman–Crippen LogP) is 2.00. The first-order valence-electron chi connectivity index (χ1n) is 6.24. The van der Waals surface area contributed by atoms with Crippen molar-refractivity contribution in [3.8, 4) is 0 Å². The number of nitrogens with zero attached hydrogens (tertiary/aromatic N) is 2. The molecule has 5 heteroatoms. The summed E-state index contributed by atoms with van der Waals surface area (Å²) >= 11 is 0. The Kier molecular flexibility index (Phi) is 4.12. The second-order valence-corrected chi connectivity index (χ2v) is 4.35. The fourth-order valence-corrected chi connectivity index (χ4v) is 2.22. The molecule has 2 heterocycles. The first-order valence-corrected chi connectivity index (χ1v) is 6.24. The third-order valence-electron chi connectivity index (χ3n) is 3.19. The SMILES string of the molecule is CCOC(=O)C1CCN(c2ccnc(F)c2)CC1. The Morgan fingerprint density at radius 1 is 1.56 bits per heavy atom. The van der Waals surface area contributed by atoms with E-state index in [2.05, 4.69) is 9.88 Å². The first-order chi connectivity index (χ1) is 8.70. The highest BCUT2D eigenvalue weighted by Crippen LogP contribution is 2.23. The Hall–Kier alpha value is -1.65. The van der Waals surface area contributed by atoms with E-state index in [-0.39, 0.29) is 11.9 Å². The Morgan fingerprint density at radius 2 is 2.28 bits per heavy atom. The molecule has 4 nitrogen and oxygen atoms in total. The van der Waals surface area contributed by atoms with E-state index in [9.17, 15) is 9.18 Å². The standard InChI is InChI=1S/C13H17FN2O2/c1-2-18-13(17)10-4-7-16(8-5-10)11-3-6-15-12(14)9-11/h3,6,9-10H,2,4-5,7-8H2,1H3. The van der Waals surface area contributed by atoms with E-state index >= 15 is 0 Å². The molecule has 0 N–H and O–H groups in total. The average Bonchev–Trinajstić information content (AvgIpc) is 2.39. The Morgan fingerprint density at radius 3 is 2.89 bits per heavy atom. The third kappa shape index (κ3) is 2.97. The molecule has 0 bridgehead atoms. The molecule has 1 aliphatic heterocycles. The van der Waals surface area contributed by atoms with Crippen LogP contribution in [0.15, 0.2) is 18.3 Å². The Bertz CT molecular complexity index is 417. The summed E-state index contributed by atoms with van der Waals surface area (Å²) < 4.78 is 18.0. The summed E-state index contributed by atoms with van der Waals surface area (Å²) in [5, 5.41) is 0. The predicted molar refractivity (Wildman–Crippen MR) is 65.8 cm³/mol. The summed E-state index contributed by atoms with van der Waals surface area (Å²) in [7, 11) is 0. The minimum atomic E-state index is -0.472. The second-order valence-electron chi connectivity index (χ2n) is 4.35. The summed E-state index contributed by atoms with van der Waals surface area (Å²) in [6, 6.07) is 3.21. The molecule has 1 aromatic rings. The topological polar surface area (TPSA) is 42.4 Å². The molecule has 1 saturated heterocycles. The van der Waals surface area contributed by atoms with Gasteiger partial charge in [-0.2, -0.15) is 4.39 Å². The Balaban J connectivity index is 1.92. The van der Waals surface area contributed by atoms with Crippen molar-refractivity contribution in [2.24, 2.45) is 5.92 Å². The lowest BCUT2D eigenvalue weighted by Gasteiger charge is -2.32. The van der Waals surface area contributed by atoms with Crippen molar-refractivity contribution in [3.05, 3.63) is 24.3 Å². The van der Waals surface area contributed by atoms with E-state index in [0.29, 0.717) is 6.61 Å². The minimum Gasteiger partial charge on any atom is -0.466 e.